The fourth-order valence-corrected chi connectivity index (χ4v) is 3.29. The van der Waals surface area contributed by atoms with Gasteiger partial charge in [-0.25, -0.2) is 9.97 Å². The molecule has 0 saturated carbocycles. The van der Waals surface area contributed by atoms with Crippen molar-refractivity contribution in [3.8, 4) is 0 Å². The van der Waals surface area contributed by atoms with Crippen LogP contribution in [0.2, 0.25) is 0 Å². The van der Waals surface area contributed by atoms with E-state index in [1.165, 1.54) is 18.4 Å². The molecular formula is C17H20N6. The van der Waals surface area contributed by atoms with Crippen LogP contribution in [0.1, 0.15) is 24.4 Å². The highest BCUT2D eigenvalue weighted by Gasteiger charge is 2.23. The molecule has 3 aromatic rings. The number of hydrogen-bond donors (Lipinski definition) is 2. The smallest absolute Gasteiger partial charge is 0.160 e. The van der Waals surface area contributed by atoms with Gasteiger partial charge in [0.1, 0.15) is 12.1 Å². The second kappa shape index (κ2) is 6.34. The van der Waals surface area contributed by atoms with Gasteiger partial charge in [0.15, 0.2) is 5.65 Å². The minimum Gasteiger partial charge on any atom is -0.367 e. The normalized spacial score (nSPS) is 16.7. The number of hydrogen-bond acceptors (Lipinski definition) is 5. The van der Waals surface area contributed by atoms with E-state index in [1.807, 2.05) is 0 Å². The quantitative estimate of drug-likeness (QED) is 0.758. The molecule has 0 unspecified atom stereocenters. The maximum absolute atomic E-state index is 4.37. The average Bonchev–Trinajstić information content (AvgIpc) is 3.28. The molecule has 1 aliphatic heterocycles. The van der Waals surface area contributed by atoms with Crippen molar-refractivity contribution in [2.45, 2.75) is 18.9 Å². The zero-order valence-electron chi connectivity index (χ0n) is 12.9. The van der Waals surface area contributed by atoms with E-state index in [0.29, 0.717) is 6.04 Å². The van der Waals surface area contributed by atoms with Crippen molar-refractivity contribution >= 4 is 16.9 Å². The van der Waals surface area contributed by atoms with Gasteiger partial charge < -0.3 is 5.32 Å². The lowest BCUT2D eigenvalue weighted by Crippen LogP contribution is -2.31. The number of nitrogens with one attached hydrogen (secondary N) is 2. The minimum absolute atomic E-state index is 0.357. The highest BCUT2D eigenvalue weighted by molar-refractivity contribution is 5.85. The Balaban J connectivity index is 1.57. The molecule has 1 fully saturated rings. The third-order valence-corrected chi connectivity index (χ3v) is 4.48. The number of anilines is 1. The molecule has 1 atom stereocenters. The second-order valence-electron chi connectivity index (χ2n) is 5.91. The molecule has 4 rings (SSSR count). The van der Waals surface area contributed by atoms with Crippen molar-refractivity contribution < 1.29 is 0 Å². The van der Waals surface area contributed by atoms with E-state index >= 15 is 0 Å². The molecule has 2 N–H and O–H groups in total. The van der Waals surface area contributed by atoms with Gasteiger partial charge in [0.05, 0.1) is 17.6 Å². The molecule has 23 heavy (non-hydrogen) atoms. The first-order valence-electron chi connectivity index (χ1n) is 8.09. The fraction of sp³-hybridized carbons (Fsp3) is 0.353. The van der Waals surface area contributed by atoms with Crippen molar-refractivity contribution in [3.63, 3.8) is 0 Å². The van der Waals surface area contributed by atoms with Gasteiger partial charge in [0.25, 0.3) is 0 Å². The van der Waals surface area contributed by atoms with E-state index in [-0.39, 0.29) is 0 Å². The number of likely N-dealkylation sites (tertiary alicyclic amines) is 1. The third kappa shape index (κ3) is 2.90. The first-order chi connectivity index (χ1) is 11.4. The van der Waals surface area contributed by atoms with Crippen molar-refractivity contribution in [1.82, 2.24) is 25.1 Å². The molecule has 3 heterocycles. The van der Waals surface area contributed by atoms with E-state index < -0.39 is 0 Å². The molecule has 0 aliphatic carbocycles. The Bertz CT molecular complexity index is 763. The summed E-state index contributed by atoms with van der Waals surface area (Å²) in [5.74, 6) is 0.837. The van der Waals surface area contributed by atoms with E-state index in [0.717, 1.165) is 36.5 Å². The number of rotatable bonds is 5. The molecule has 0 radical (unpaired) electrons. The molecular weight excluding hydrogens is 288 g/mol. The molecule has 6 heteroatoms. The van der Waals surface area contributed by atoms with Crippen LogP contribution in [0, 0.1) is 0 Å². The van der Waals surface area contributed by atoms with Gasteiger partial charge in [-0.1, -0.05) is 30.3 Å². The van der Waals surface area contributed by atoms with E-state index in [2.05, 4.69) is 60.7 Å². The van der Waals surface area contributed by atoms with Crippen molar-refractivity contribution in [3.05, 3.63) is 48.4 Å². The Hall–Kier alpha value is -2.47. The molecule has 0 spiro atoms. The number of fused-ring (bicyclic) bond motifs is 1. The maximum Gasteiger partial charge on any atom is 0.160 e. The lowest BCUT2D eigenvalue weighted by molar-refractivity contribution is 0.256. The largest absolute Gasteiger partial charge is 0.367 e. The predicted molar refractivity (Wildman–Crippen MR) is 90.2 cm³/mol. The van der Waals surface area contributed by atoms with Crippen LogP contribution in [0.3, 0.4) is 0 Å². The van der Waals surface area contributed by atoms with E-state index in [1.54, 1.807) is 12.5 Å². The summed E-state index contributed by atoms with van der Waals surface area (Å²) in [6.45, 7) is 3.14. The summed E-state index contributed by atoms with van der Waals surface area (Å²) in [4.78, 5) is 11.1. The Kier molecular flexibility index (Phi) is 3.90. The first kappa shape index (κ1) is 14.1. The Morgan fingerprint density at radius 1 is 1.13 bits per heavy atom. The van der Waals surface area contributed by atoms with Crippen LogP contribution in [-0.2, 0) is 0 Å². The molecule has 2 aromatic heterocycles. The van der Waals surface area contributed by atoms with Crippen LogP contribution in [0.25, 0.3) is 11.0 Å². The van der Waals surface area contributed by atoms with Crippen molar-refractivity contribution in [2.75, 3.05) is 25.0 Å². The monoisotopic (exact) mass is 308 g/mol. The van der Waals surface area contributed by atoms with Crippen LogP contribution in [0.15, 0.2) is 42.9 Å². The number of aromatic amines is 1. The topological polar surface area (TPSA) is 69.7 Å². The molecule has 1 aliphatic rings. The summed E-state index contributed by atoms with van der Waals surface area (Å²) < 4.78 is 0. The lowest BCUT2D eigenvalue weighted by atomic mass is 10.1. The Morgan fingerprint density at radius 3 is 2.78 bits per heavy atom. The Labute approximate surface area is 135 Å². The third-order valence-electron chi connectivity index (χ3n) is 4.48. The average molecular weight is 308 g/mol. The molecule has 0 bridgehead atoms. The number of nitrogens with zero attached hydrogens (tertiary/aromatic N) is 4. The van der Waals surface area contributed by atoms with Gasteiger partial charge in [-0.15, -0.1) is 0 Å². The molecule has 118 valence electrons. The Morgan fingerprint density at radius 2 is 1.96 bits per heavy atom. The molecule has 1 aromatic carbocycles. The highest BCUT2D eigenvalue weighted by Crippen LogP contribution is 2.26. The van der Waals surface area contributed by atoms with Crippen molar-refractivity contribution in [1.29, 1.82) is 0 Å². The van der Waals surface area contributed by atoms with Crippen LogP contribution >= 0.6 is 0 Å². The lowest BCUT2D eigenvalue weighted by Gasteiger charge is -2.28. The van der Waals surface area contributed by atoms with Gasteiger partial charge >= 0.3 is 0 Å². The number of benzene rings is 1. The first-order valence-corrected chi connectivity index (χ1v) is 8.09. The highest BCUT2D eigenvalue weighted by atomic mass is 15.2. The van der Waals surface area contributed by atoms with Crippen LogP contribution in [0.5, 0.6) is 0 Å². The fourth-order valence-electron chi connectivity index (χ4n) is 3.29. The number of aromatic nitrogens is 4. The van der Waals surface area contributed by atoms with E-state index in [9.17, 15) is 0 Å². The maximum atomic E-state index is 4.37. The van der Waals surface area contributed by atoms with Gasteiger partial charge in [0, 0.05) is 6.54 Å². The van der Waals surface area contributed by atoms with Crippen LogP contribution in [0.4, 0.5) is 5.82 Å². The summed E-state index contributed by atoms with van der Waals surface area (Å²) in [5.41, 5.74) is 2.11. The summed E-state index contributed by atoms with van der Waals surface area (Å²) in [6, 6.07) is 11.1. The standard InChI is InChI=1S/C17H20N6/c1-2-6-13(7-3-1)15(23-8-4-5-9-23)11-18-16-14-10-21-22-17(14)20-12-19-16/h1-3,6-7,10,12,15H,4-5,8-9,11H2,(H2,18,19,20,21,22)/t15-/m1/s1. The van der Waals surface area contributed by atoms with Gasteiger partial charge in [-0.2, -0.15) is 5.10 Å². The van der Waals surface area contributed by atoms with E-state index in [4.69, 9.17) is 0 Å². The van der Waals surface area contributed by atoms with Gasteiger partial charge in [-0.3, -0.25) is 10.00 Å². The van der Waals surface area contributed by atoms with Crippen molar-refractivity contribution in [2.24, 2.45) is 0 Å². The minimum atomic E-state index is 0.357. The van der Waals surface area contributed by atoms with Gasteiger partial charge in [0.2, 0.25) is 0 Å². The molecule has 6 nitrogen and oxygen atoms in total. The summed E-state index contributed by atoms with van der Waals surface area (Å²) in [5, 5.41) is 11.4. The summed E-state index contributed by atoms with van der Waals surface area (Å²) >= 11 is 0. The summed E-state index contributed by atoms with van der Waals surface area (Å²) in [7, 11) is 0. The zero-order valence-corrected chi connectivity index (χ0v) is 12.9. The van der Waals surface area contributed by atoms with Crippen LogP contribution in [-0.4, -0.2) is 44.7 Å². The summed E-state index contributed by atoms with van der Waals surface area (Å²) in [6.07, 6.45) is 5.90. The molecule has 1 saturated heterocycles. The zero-order chi connectivity index (χ0) is 15.5. The molecule has 0 amide bonds. The predicted octanol–water partition coefficient (Wildman–Crippen LogP) is 2.60. The van der Waals surface area contributed by atoms with Gasteiger partial charge in [-0.05, 0) is 31.5 Å². The van der Waals surface area contributed by atoms with Crippen LogP contribution < -0.4 is 5.32 Å². The number of H-pyrrole nitrogens is 1. The SMILES string of the molecule is c1ccc([C@@H](CNc2ncnc3[nH]ncc23)N2CCCC2)cc1. The second-order valence-corrected chi connectivity index (χ2v) is 5.91.